The van der Waals surface area contributed by atoms with Gasteiger partial charge in [-0.1, -0.05) is 0 Å². The SMILES string of the molecule is CC(C)(C)OC(=O)Nc1cc2c3c(c1)C(=O)NNC=C3C(c1ncc[nH]1)N2. The molecule has 1 aromatic carbocycles. The molecule has 2 aliphatic rings. The fourth-order valence-corrected chi connectivity index (χ4v) is 3.17. The van der Waals surface area contributed by atoms with Crippen LogP contribution in [0.4, 0.5) is 16.2 Å². The molecule has 0 spiro atoms. The van der Waals surface area contributed by atoms with Crippen LogP contribution in [0.5, 0.6) is 0 Å². The van der Waals surface area contributed by atoms with Gasteiger partial charge in [0.15, 0.2) is 0 Å². The second-order valence-electron chi connectivity index (χ2n) is 7.32. The summed E-state index contributed by atoms with van der Waals surface area (Å²) < 4.78 is 5.29. The normalized spacial score (nSPS) is 17.7. The summed E-state index contributed by atoms with van der Waals surface area (Å²) in [5.41, 5.74) is 8.07. The minimum absolute atomic E-state index is 0.245. The Balaban J connectivity index is 1.72. The van der Waals surface area contributed by atoms with E-state index < -0.39 is 11.7 Å². The molecular weight excluding hydrogens is 348 g/mol. The van der Waals surface area contributed by atoms with E-state index in [1.54, 1.807) is 51.5 Å². The fourth-order valence-electron chi connectivity index (χ4n) is 3.17. The van der Waals surface area contributed by atoms with E-state index in [0.29, 0.717) is 11.3 Å². The van der Waals surface area contributed by atoms with E-state index >= 15 is 0 Å². The van der Waals surface area contributed by atoms with Crippen molar-refractivity contribution in [2.24, 2.45) is 0 Å². The Morgan fingerprint density at radius 2 is 2.11 bits per heavy atom. The zero-order chi connectivity index (χ0) is 19.2. The van der Waals surface area contributed by atoms with Crippen LogP contribution in [0.3, 0.4) is 0 Å². The van der Waals surface area contributed by atoms with Crippen molar-refractivity contribution >= 4 is 28.9 Å². The quantitative estimate of drug-likeness (QED) is 0.555. The molecule has 2 aromatic rings. The summed E-state index contributed by atoms with van der Waals surface area (Å²) in [6.45, 7) is 5.36. The Labute approximate surface area is 155 Å². The zero-order valence-electron chi connectivity index (χ0n) is 15.1. The highest BCUT2D eigenvalue weighted by molar-refractivity contribution is 6.07. The Morgan fingerprint density at radius 1 is 1.30 bits per heavy atom. The third-order valence-corrected chi connectivity index (χ3v) is 4.13. The van der Waals surface area contributed by atoms with Crippen LogP contribution in [0, 0.1) is 0 Å². The number of hydrazine groups is 1. The second kappa shape index (κ2) is 6.04. The third kappa shape index (κ3) is 3.19. The van der Waals surface area contributed by atoms with E-state index in [0.717, 1.165) is 22.6 Å². The Hall–Kier alpha value is -3.49. The summed E-state index contributed by atoms with van der Waals surface area (Å²) in [6, 6.07) is 3.16. The minimum Gasteiger partial charge on any atom is -0.444 e. The van der Waals surface area contributed by atoms with Gasteiger partial charge in [0, 0.05) is 41.1 Å². The van der Waals surface area contributed by atoms with Crippen molar-refractivity contribution in [3.05, 3.63) is 47.7 Å². The van der Waals surface area contributed by atoms with Gasteiger partial charge in [-0.05, 0) is 32.9 Å². The average molecular weight is 368 g/mol. The summed E-state index contributed by atoms with van der Waals surface area (Å²) >= 11 is 0. The van der Waals surface area contributed by atoms with Crippen LogP contribution in [0.25, 0.3) is 5.57 Å². The Bertz CT molecular complexity index is 943. The van der Waals surface area contributed by atoms with E-state index in [1.807, 2.05) is 0 Å². The number of anilines is 2. The maximum absolute atomic E-state index is 12.5. The van der Waals surface area contributed by atoms with Crippen molar-refractivity contribution in [1.82, 2.24) is 20.8 Å². The molecule has 3 heterocycles. The lowest BCUT2D eigenvalue weighted by Gasteiger charge is -2.20. The molecular formula is C18H20N6O3. The topological polar surface area (TPSA) is 120 Å². The number of hydrogen-bond donors (Lipinski definition) is 5. The molecule has 0 bridgehead atoms. The third-order valence-electron chi connectivity index (χ3n) is 4.13. The molecule has 9 heteroatoms. The van der Waals surface area contributed by atoms with E-state index in [2.05, 4.69) is 31.5 Å². The monoisotopic (exact) mass is 368 g/mol. The number of hydrogen-bond acceptors (Lipinski definition) is 6. The van der Waals surface area contributed by atoms with Crippen molar-refractivity contribution in [1.29, 1.82) is 0 Å². The standard InChI is InChI=1S/C18H20N6O3/c1-18(2,3)27-17(26)22-9-6-10-13-11(8-21-24-16(10)25)14(23-12(13)7-9)15-19-4-5-20-15/h4-8,14,21,23H,1-3H3,(H,19,20)(H,22,26)(H,24,25). The molecule has 140 valence electrons. The number of amides is 2. The molecule has 2 amide bonds. The molecule has 1 unspecified atom stereocenters. The van der Waals surface area contributed by atoms with Gasteiger partial charge in [0.25, 0.3) is 5.91 Å². The molecule has 0 saturated carbocycles. The number of H-pyrrole nitrogens is 1. The smallest absolute Gasteiger partial charge is 0.412 e. The highest BCUT2D eigenvalue weighted by atomic mass is 16.6. The molecule has 2 aliphatic heterocycles. The van der Waals surface area contributed by atoms with Crippen LogP contribution < -0.4 is 21.5 Å². The van der Waals surface area contributed by atoms with Crippen LogP contribution in [-0.2, 0) is 4.74 Å². The summed E-state index contributed by atoms with van der Waals surface area (Å²) in [5.74, 6) is 0.424. The van der Waals surface area contributed by atoms with Gasteiger partial charge < -0.3 is 20.5 Å². The van der Waals surface area contributed by atoms with Gasteiger partial charge in [0.1, 0.15) is 17.5 Å². The number of carbonyl (C=O) groups is 2. The number of ether oxygens (including phenoxy) is 1. The minimum atomic E-state index is -0.619. The van der Waals surface area contributed by atoms with Crippen molar-refractivity contribution in [3.63, 3.8) is 0 Å². The highest BCUT2D eigenvalue weighted by Gasteiger charge is 2.35. The van der Waals surface area contributed by atoms with Gasteiger partial charge in [-0.3, -0.25) is 15.5 Å². The van der Waals surface area contributed by atoms with Crippen LogP contribution in [-0.4, -0.2) is 27.6 Å². The fraction of sp³-hybridized carbons (Fsp3) is 0.278. The lowest BCUT2D eigenvalue weighted by atomic mass is 9.97. The maximum Gasteiger partial charge on any atom is 0.412 e. The molecule has 5 N–H and O–H groups in total. The maximum atomic E-state index is 12.5. The van der Waals surface area contributed by atoms with Gasteiger partial charge in [-0.2, -0.15) is 0 Å². The van der Waals surface area contributed by atoms with Crippen molar-refractivity contribution in [2.75, 3.05) is 10.6 Å². The summed E-state index contributed by atoms with van der Waals surface area (Å²) in [6.07, 6.45) is 4.56. The number of aromatic amines is 1. The number of nitrogens with one attached hydrogen (secondary N) is 5. The van der Waals surface area contributed by atoms with Crippen molar-refractivity contribution in [3.8, 4) is 0 Å². The first-order valence-electron chi connectivity index (χ1n) is 8.52. The van der Waals surface area contributed by atoms with Gasteiger partial charge in [0.05, 0.1) is 5.56 Å². The van der Waals surface area contributed by atoms with Crippen LogP contribution in [0.1, 0.15) is 48.6 Å². The van der Waals surface area contributed by atoms with Crippen LogP contribution in [0.2, 0.25) is 0 Å². The van der Waals surface area contributed by atoms with E-state index in [-0.39, 0.29) is 11.9 Å². The van der Waals surface area contributed by atoms with Gasteiger partial charge in [-0.25, -0.2) is 9.78 Å². The Kier molecular flexibility index (Phi) is 3.79. The summed E-state index contributed by atoms with van der Waals surface area (Å²) in [5, 5.41) is 6.04. The van der Waals surface area contributed by atoms with E-state index in [1.165, 1.54) is 0 Å². The molecule has 1 atom stereocenters. The van der Waals surface area contributed by atoms with Gasteiger partial charge >= 0.3 is 6.09 Å². The molecule has 9 nitrogen and oxygen atoms in total. The molecule has 27 heavy (non-hydrogen) atoms. The van der Waals surface area contributed by atoms with Gasteiger partial charge in [-0.15, -0.1) is 0 Å². The van der Waals surface area contributed by atoms with Gasteiger partial charge in [0.2, 0.25) is 0 Å². The first kappa shape index (κ1) is 17.0. The van der Waals surface area contributed by atoms with E-state index in [4.69, 9.17) is 4.74 Å². The molecule has 4 rings (SSSR count). The summed E-state index contributed by atoms with van der Waals surface area (Å²) in [4.78, 5) is 32.0. The summed E-state index contributed by atoms with van der Waals surface area (Å²) in [7, 11) is 0. The molecule has 0 aliphatic carbocycles. The predicted molar refractivity (Wildman–Crippen MR) is 99.8 cm³/mol. The zero-order valence-corrected chi connectivity index (χ0v) is 15.1. The second-order valence-corrected chi connectivity index (χ2v) is 7.32. The van der Waals surface area contributed by atoms with Crippen molar-refractivity contribution in [2.45, 2.75) is 32.4 Å². The lowest BCUT2D eigenvalue weighted by molar-refractivity contribution is 0.0635. The van der Waals surface area contributed by atoms with Crippen molar-refractivity contribution < 1.29 is 14.3 Å². The largest absolute Gasteiger partial charge is 0.444 e. The first-order chi connectivity index (χ1) is 12.8. The number of benzene rings is 1. The average Bonchev–Trinajstić information content (AvgIpc) is 3.16. The molecule has 0 saturated heterocycles. The number of rotatable bonds is 2. The van der Waals surface area contributed by atoms with E-state index in [9.17, 15) is 9.59 Å². The van der Waals surface area contributed by atoms with Crippen LogP contribution >= 0.6 is 0 Å². The number of aromatic nitrogens is 2. The highest BCUT2D eigenvalue weighted by Crippen LogP contribution is 2.45. The number of imidazole rings is 1. The first-order valence-corrected chi connectivity index (χ1v) is 8.52. The number of nitrogens with zero attached hydrogens (tertiary/aromatic N) is 1. The molecule has 0 fully saturated rings. The Morgan fingerprint density at radius 3 is 2.81 bits per heavy atom. The lowest BCUT2D eigenvalue weighted by Crippen LogP contribution is -2.32. The van der Waals surface area contributed by atoms with Crippen LogP contribution in [0.15, 0.2) is 30.7 Å². The predicted octanol–water partition coefficient (Wildman–Crippen LogP) is 2.51. The molecule has 0 radical (unpaired) electrons. The molecule has 1 aromatic heterocycles. The number of carbonyl (C=O) groups excluding carboxylic acids is 2.